The topological polar surface area (TPSA) is 58.1 Å². The van der Waals surface area contributed by atoms with Crippen LogP contribution >= 0.6 is 11.8 Å². The first-order valence-electron chi connectivity index (χ1n) is 12.0. The van der Waals surface area contributed by atoms with Gasteiger partial charge in [-0.25, -0.2) is 4.98 Å². The third-order valence-corrected chi connectivity index (χ3v) is 7.52. The highest BCUT2D eigenvalue weighted by atomic mass is 32.2. The van der Waals surface area contributed by atoms with Crippen molar-refractivity contribution >= 4 is 17.7 Å². The monoisotopic (exact) mass is 468 g/mol. The van der Waals surface area contributed by atoms with Crippen molar-refractivity contribution in [3.8, 4) is 11.5 Å². The van der Waals surface area contributed by atoms with Crippen LogP contribution in [-0.4, -0.2) is 83.9 Å². The molecule has 1 aromatic heterocycles. The van der Waals surface area contributed by atoms with E-state index in [2.05, 4.69) is 26.9 Å². The van der Waals surface area contributed by atoms with Crippen molar-refractivity contribution in [2.24, 2.45) is 0 Å². The molecule has 1 amide bonds. The van der Waals surface area contributed by atoms with Gasteiger partial charge in [-0.05, 0) is 55.8 Å². The average molecular weight is 469 g/mol. The number of fused-ring (bicyclic) bond motifs is 1. The maximum absolute atomic E-state index is 12.9. The van der Waals surface area contributed by atoms with Gasteiger partial charge in [-0.1, -0.05) is 12.5 Å². The number of carbonyl (C=O) groups is 1. The Kier molecular flexibility index (Phi) is 7.34. The number of likely N-dealkylation sites (tertiary alicyclic amines) is 1. The molecule has 176 valence electrons. The van der Waals surface area contributed by atoms with Crippen LogP contribution in [0.25, 0.3) is 0 Å². The summed E-state index contributed by atoms with van der Waals surface area (Å²) in [5.74, 6) is 2.76. The Morgan fingerprint density at radius 3 is 2.52 bits per heavy atom. The fraction of sp³-hybridized carbons (Fsp3) is 0.520. The third-order valence-electron chi connectivity index (χ3n) is 6.59. The number of amides is 1. The number of hydrogen-bond acceptors (Lipinski definition) is 7. The zero-order valence-corrected chi connectivity index (χ0v) is 19.9. The van der Waals surface area contributed by atoms with Gasteiger partial charge >= 0.3 is 0 Å². The molecule has 5 rings (SSSR count). The number of aromatic nitrogens is 1. The molecule has 0 N–H and O–H groups in total. The van der Waals surface area contributed by atoms with Crippen LogP contribution in [0.4, 0.5) is 0 Å². The van der Waals surface area contributed by atoms with Crippen LogP contribution < -0.4 is 9.47 Å². The number of nitrogens with zero attached hydrogens (tertiary/aromatic N) is 4. The van der Waals surface area contributed by atoms with Crippen LogP contribution in [0.2, 0.25) is 0 Å². The van der Waals surface area contributed by atoms with Crippen molar-refractivity contribution in [2.45, 2.75) is 30.8 Å². The zero-order valence-electron chi connectivity index (χ0n) is 19.1. The van der Waals surface area contributed by atoms with Gasteiger partial charge in [0.25, 0.3) is 5.91 Å². The van der Waals surface area contributed by atoms with Gasteiger partial charge in [0.2, 0.25) is 6.79 Å². The fourth-order valence-electron chi connectivity index (χ4n) is 4.64. The maximum Gasteiger partial charge on any atom is 0.255 e. The van der Waals surface area contributed by atoms with Crippen molar-refractivity contribution in [1.82, 2.24) is 19.7 Å². The van der Waals surface area contributed by atoms with E-state index < -0.39 is 0 Å². The van der Waals surface area contributed by atoms with Crippen molar-refractivity contribution in [3.63, 3.8) is 0 Å². The van der Waals surface area contributed by atoms with E-state index in [-0.39, 0.29) is 5.91 Å². The second-order valence-corrected chi connectivity index (χ2v) is 10.0. The van der Waals surface area contributed by atoms with E-state index >= 15 is 0 Å². The van der Waals surface area contributed by atoms with Crippen LogP contribution in [0.1, 0.15) is 35.2 Å². The fourth-order valence-corrected chi connectivity index (χ4v) is 5.49. The Balaban J connectivity index is 1.06. The molecular formula is C25H32N4O3S. The van der Waals surface area contributed by atoms with Crippen molar-refractivity contribution < 1.29 is 14.3 Å². The molecular weight excluding hydrogens is 436 g/mol. The van der Waals surface area contributed by atoms with Crippen LogP contribution in [0.5, 0.6) is 11.5 Å². The smallest absolute Gasteiger partial charge is 0.255 e. The molecule has 0 unspecified atom stereocenters. The summed E-state index contributed by atoms with van der Waals surface area (Å²) in [6.45, 7) is 7.90. The van der Waals surface area contributed by atoms with E-state index in [0.29, 0.717) is 12.4 Å². The van der Waals surface area contributed by atoms with Crippen molar-refractivity contribution in [2.75, 3.05) is 58.4 Å². The summed E-state index contributed by atoms with van der Waals surface area (Å²) in [5, 5.41) is 0.997. The number of hydrogen-bond donors (Lipinski definition) is 0. The highest BCUT2D eigenvalue weighted by Gasteiger charge is 2.23. The van der Waals surface area contributed by atoms with Gasteiger partial charge in [-0.3, -0.25) is 9.69 Å². The number of carbonyl (C=O) groups excluding carboxylic acids is 1. The molecule has 0 aliphatic carbocycles. The zero-order chi connectivity index (χ0) is 22.5. The van der Waals surface area contributed by atoms with E-state index in [4.69, 9.17) is 9.47 Å². The Hall–Kier alpha value is -2.29. The molecule has 3 aliphatic rings. The minimum absolute atomic E-state index is 0.0788. The minimum atomic E-state index is 0.0788. The predicted molar refractivity (Wildman–Crippen MR) is 129 cm³/mol. The van der Waals surface area contributed by atoms with Crippen LogP contribution in [0.15, 0.2) is 41.6 Å². The molecule has 33 heavy (non-hydrogen) atoms. The molecule has 2 saturated heterocycles. The molecule has 2 aromatic rings. The summed E-state index contributed by atoms with van der Waals surface area (Å²) < 4.78 is 10.9. The summed E-state index contributed by atoms with van der Waals surface area (Å²) in [6.07, 6.45) is 5.76. The summed E-state index contributed by atoms with van der Waals surface area (Å²) in [7, 11) is 0. The van der Waals surface area contributed by atoms with Crippen LogP contribution in [0, 0.1) is 0 Å². The van der Waals surface area contributed by atoms with Gasteiger partial charge < -0.3 is 19.3 Å². The second kappa shape index (κ2) is 10.8. The molecule has 0 bridgehead atoms. The van der Waals surface area contributed by atoms with E-state index in [1.165, 1.54) is 37.9 Å². The normalized spacial score (nSPS) is 19.1. The highest BCUT2D eigenvalue weighted by molar-refractivity contribution is 7.99. The number of pyridine rings is 1. The van der Waals surface area contributed by atoms with Gasteiger partial charge in [0, 0.05) is 51.2 Å². The number of ether oxygens (including phenoxy) is 2. The first kappa shape index (κ1) is 22.5. The molecule has 0 atom stereocenters. The number of thioether (sulfide) groups is 1. The number of benzene rings is 1. The molecule has 8 heteroatoms. The highest BCUT2D eigenvalue weighted by Crippen LogP contribution is 2.32. The lowest BCUT2D eigenvalue weighted by atomic mass is 10.1. The first-order valence-corrected chi connectivity index (χ1v) is 12.9. The lowest BCUT2D eigenvalue weighted by Crippen LogP contribution is -2.48. The number of rotatable bonds is 7. The Morgan fingerprint density at radius 1 is 0.909 bits per heavy atom. The molecule has 3 aliphatic heterocycles. The first-order chi connectivity index (χ1) is 16.2. The molecule has 0 saturated carbocycles. The average Bonchev–Trinajstić information content (AvgIpc) is 3.33. The standard InChI is InChI=1S/C25H32N4O3S/c30-25(21-5-7-24(26-17-21)33-15-14-27-8-2-1-3-9-27)29-12-10-28(11-13-29)18-20-4-6-22-23(16-20)32-19-31-22/h4-7,16-17H,1-3,8-15,18-19H2. The maximum atomic E-state index is 12.9. The van der Waals surface area contributed by atoms with E-state index in [0.717, 1.165) is 61.5 Å². The molecule has 1 aromatic carbocycles. The number of piperazine rings is 1. The van der Waals surface area contributed by atoms with E-state index in [1.807, 2.05) is 23.1 Å². The Bertz CT molecular complexity index is 941. The quantitative estimate of drug-likeness (QED) is 0.578. The van der Waals surface area contributed by atoms with E-state index in [1.54, 1.807) is 18.0 Å². The SMILES string of the molecule is O=C(c1ccc(SCCN2CCCCC2)nc1)N1CCN(Cc2ccc3c(c2)OCO3)CC1. The Labute approximate surface area is 200 Å². The predicted octanol–water partition coefficient (Wildman–Crippen LogP) is 3.35. The molecule has 2 fully saturated rings. The molecule has 0 spiro atoms. The van der Waals surface area contributed by atoms with Gasteiger partial charge in [0.1, 0.15) is 0 Å². The molecule has 7 nitrogen and oxygen atoms in total. The second-order valence-electron chi connectivity index (χ2n) is 8.89. The largest absolute Gasteiger partial charge is 0.454 e. The minimum Gasteiger partial charge on any atom is -0.454 e. The van der Waals surface area contributed by atoms with Crippen molar-refractivity contribution in [3.05, 3.63) is 47.7 Å². The summed E-state index contributed by atoms with van der Waals surface area (Å²) >= 11 is 1.78. The lowest BCUT2D eigenvalue weighted by Gasteiger charge is -2.34. The Morgan fingerprint density at radius 2 is 1.73 bits per heavy atom. The van der Waals surface area contributed by atoms with Gasteiger partial charge in [-0.15, -0.1) is 11.8 Å². The summed E-state index contributed by atoms with van der Waals surface area (Å²) in [5.41, 5.74) is 1.89. The lowest BCUT2D eigenvalue weighted by molar-refractivity contribution is 0.0628. The van der Waals surface area contributed by atoms with Gasteiger partial charge in [0.15, 0.2) is 11.5 Å². The third kappa shape index (κ3) is 5.80. The summed E-state index contributed by atoms with van der Waals surface area (Å²) in [6, 6.07) is 10.0. The van der Waals surface area contributed by atoms with Crippen LogP contribution in [-0.2, 0) is 6.54 Å². The van der Waals surface area contributed by atoms with Crippen molar-refractivity contribution in [1.29, 1.82) is 0 Å². The molecule has 0 radical (unpaired) electrons. The van der Waals surface area contributed by atoms with Gasteiger partial charge in [-0.2, -0.15) is 0 Å². The number of piperidine rings is 1. The molecule has 4 heterocycles. The van der Waals surface area contributed by atoms with E-state index in [9.17, 15) is 4.79 Å². The van der Waals surface area contributed by atoms with Gasteiger partial charge in [0.05, 0.1) is 10.6 Å². The van der Waals surface area contributed by atoms with Crippen LogP contribution in [0.3, 0.4) is 0 Å². The summed E-state index contributed by atoms with van der Waals surface area (Å²) in [4.78, 5) is 24.3.